The summed E-state index contributed by atoms with van der Waals surface area (Å²) in [6, 6.07) is 12.3. The van der Waals surface area contributed by atoms with Crippen LogP contribution >= 0.6 is 34.5 Å². The first-order chi connectivity index (χ1) is 18.4. The van der Waals surface area contributed by atoms with E-state index in [9.17, 15) is 9.59 Å². The zero-order chi connectivity index (χ0) is 26.4. The summed E-state index contributed by atoms with van der Waals surface area (Å²) in [4.78, 5) is 34.9. The van der Waals surface area contributed by atoms with Crippen molar-refractivity contribution < 1.29 is 4.79 Å². The Morgan fingerprint density at radius 3 is 2.87 bits per heavy atom. The van der Waals surface area contributed by atoms with Gasteiger partial charge < -0.3 is 14.9 Å². The number of thiophene rings is 1. The van der Waals surface area contributed by atoms with Crippen LogP contribution in [-0.4, -0.2) is 47.2 Å². The van der Waals surface area contributed by atoms with Crippen LogP contribution in [0, 0.1) is 0 Å². The number of nitrogens with one attached hydrogen (secondary N) is 2. The number of fused-ring (bicyclic) bond motifs is 1. The maximum absolute atomic E-state index is 13.4. The summed E-state index contributed by atoms with van der Waals surface area (Å²) in [5.74, 6) is 0.471. The van der Waals surface area contributed by atoms with Crippen LogP contribution in [0.25, 0.3) is 27.4 Å². The highest BCUT2D eigenvalue weighted by atomic mass is 35.5. The number of hydrogen-bond donors (Lipinski definition) is 2. The molecule has 192 valence electrons. The Labute approximate surface area is 230 Å². The number of carbonyl (C=O) groups excluding carboxylic acids is 1. The largest absolute Gasteiger partial charge is 0.352 e. The number of hydrogen-bond acceptors (Lipinski definition) is 7. The van der Waals surface area contributed by atoms with Gasteiger partial charge in [-0.1, -0.05) is 23.2 Å². The van der Waals surface area contributed by atoms with Gasteiger partial charge in [0.05, 0.1) is 27.2 Å². The van der Waals surface area contributed by atoms with E-state index in [4.69, 9.17) is 23.2 Å². The molecule has 0 spiro atoms. The standard InChI is InChI=1S/C25H20Cl2N8O2S/c1-2-28-25(37)20-8-7-19(38-20)22-23(27)31-24(30-22)18-6-4-15-9-13(10-21(36)35(15)18)16-11-14(26)3-5-17(16)34-12-29-32-33-34/h3,5,7-12,18H,2,4,6H2,1H3,(H,28,37)(H,30,31)/t18-/m0/s1. The summed E-state index contributed by atoms with van der Waals surface area (Å²) in [5, 5.41) is 15.1. The fourth-order valence-electron chi connectivity index (χ4n) is 4.75. The number of imidazole rings is 1. The predicted octanol–water partition coefficient (Wildman–Crippen LogP) is 4.53. The van der Waals surface area contributed by atoms with Gasteiger partial charge in [-0.05, 0) is 72.2 Å². The molecule has 5 heterocycles. The third kappa shape index (κ3) is 4.32. The molecule has 1 aliphatic rings. The van der Waals surface area contributed by atoms with Crippen molar-refractivity contribution >= 4 is 40.4 Å². The van der Waals surface area contributed by atoms with Crippen molar-refractivity contribution in [2.45, 2.75) is 25.8 Å². The van der Waals surface area contributed by atoms with E-state index in [1.165, 1.54) is 22.3 Å². The number of amides is 1. The van der Waals surface area contributed by atoms with E-state index >= 15 is 0 Å². The molecular formula is C25H20Cl2N8O2S. The van der Waals surface area contributed by atoms with Crippen molar-refractivity contribution in [3.8, 4) is 27.4 Å². The number of aryl methyl sites for hydroxylation is 1. The van der Waals surface area contributed by atoms with Crippen LogP contribution in [0.5, 0.6) is 0 Å². The molecule has 6 rings (SSSR count). The van der Waals surface area contributed by atoms with Crippen LogP contribution in [0.4, 0.5) is 0 Å². The van der Waals surface area contributed by atoms with Crippen molar-refractivity contribution in [3.63, 3.8) is 0 Å². The second kappa shape index (κ2) is 9.82. The van der Waals surface area contributed by atoms with Gasteiger partial charge in [0.15, 0.2) is 5.15 Å². The smallest absolute Gasteiger partial charge is 0.261 e. The lowest BCUT2D eigenvalue weighted by molar-refractivity contribution is 0.0960. The van der Waals surface area contributed by atoms with Gasteiger partial charge in [0.25, 0.3) is 11.5 Å². The quantitative estimate of drug-likeness (QED) is 0.311. The Hall–Kier alpha value is -3.80. The zero-order valence-electron chi connectivity index (χ0n) is 20.0. The summed E-state index contributed by atoms with van der Waals surface area (Å²) in [6.07, 6.45) is 2.86. The molecule has 0 unspecified atom stereocenters. The molecule has 10 nitrogen and oxygen atoms in total. The number of tetrazole rings is 1. The van der Waals surface area contributed by atoms with Gasteiger partial charge in [-0.3, -0.25) is 9.59 Å². The number of halogens is 2. The lowest BCUT2D eigenvalue weighted by atomic mass is 10.0. The highest BCUT2D eigenvalue weighted by Gasteiger charge is 2.29. The summed E-state index contributed by atoms with van der Waals surface area (Å²) in [6.45, 7) is 2.42. The van der Waals surface area contributed by atoms with Crippen molar-refractivity contribution in [2.75, 3.05) is 6.54 Å². The Bertz CT molecular complexity index is 1720. The Morgan fingerprint density at radius 1 is 1.21 bits per heavy atom. The predicted molar refractivity (Wildman–Crippen MR) is 145 cm³/mol. The third-order valence-electron chi connectivity index (χ3n) is 6.41. The molecule has 38 heavy (non-hydrogen) atoms. The van der Waals surface area contributed by atoms with Gasteiger partial charge in [0.2, 0.25) is 0 Å². The fraction of sp³-hybridized carbons (Fsp3) is 0.200. The molecule has 0 saturated carbocycles. The molecule has 0 fully saturated rings. The van der Waals surface area contributed by atoms with Crippen molar-refractivity contribution in [1.29, 1.82) is 0 Å². The molecule has 0 saturated heterocycles. The van der Waals surface area contributed by atoms with E-state index in [0.717, 1.165) is 21.7 Å². The number of carbonyl (C=O) groups is 1. The van der Waals surface area contributed by atoms with E-state index in [2.05, 4.69) is 30.8 Å². The Balaban J connectivity index is 1.35. The first-order valence-electron chi connectivity index (χ1n) is 11.9. The second-order valence-corrected chi connectivity index (χ2v) is 10.6. The molecule has 0 aliphatic carbocycles. The number of aromatic nitrogens is 7. The molecule has 0 radical (unpaired) electrons. The normalized spacial score (nSPS) is 14.6. The minimum atomic E-state index is -0.293. The first-order valence-corrected chi connectivity index (χ1v) is 13.4. The molecule has 1 aromatic carbocycles. The topological polar surface area (TPSA) is 123 Å². The summed E-state index contributed by atoms with van der Waals surface area (Å²) >= 11 is 14.1. The van der Waals surface area contributed by atoms with Crippen molar-refractivity contribution in [3.05, 3.63) is 85.7 Å². The molecule has 2 N–H and O–H groups in total. The lowest BCUT2D eigenvalue weighted by Crippen LogP contribution is -2.24. The minimum Gasteiger partial charge on any atom is -0.352 e. The number of nitrogens with zero attached hydrogens (tertiary/aromatic N) is 6. The van der Waals surface area contributed by atoms with Gasteiger partial charge in [-0.15, -0.1) is 16.4 Å². The first kappa shape index (κ1) is 24.5. The van der Waals surface area contributed by atoms with E-state index in [-0.39, 0.29) is 17.5 Å². The highest BCUT2D eigenvalue weighted by molar-refractivity contribution is 7.17. The molecule has 1 amide bonds. The SMILES string of the molecule is CCNC(=O)c1ccc(-c2[nH]c([C@@H]3CCc4cc(-c5cc(Cl)ccc5-n5cnnn5)cc(=O)n43)nc2Cl)s1. The fourth-order valence-corrected chi connectivity index (χ4v) is 6.14. The molecule has 13 heteroatoms. The van der Waals surface area contributed by atoms with E-state index < -0.39 is 0 Å². The number of aromatic amines is 1. The Morgan fingerprint density at radius 2 is 2.08 bits per heavy atom. The third-order valence-corrected chi connectivity index (χ3v) is 8.02. The summed E-state index contributed by atoms with van der Waals surface area (Å²) in [5.41, 5.74) is 3.53. The summed E-state index contributed by atoms with van der Waals surface area (Å²) in [7, 11) is 0. The highest BCUT2D eigenvalue weighted by Crippen LogP contribution is 2.37. The molecule has 4 aromatic heterocycles. The number of pyridine rings is 1. The van der Waals surface area contributed by atoms with Crippen LogP contribution in [-0.2, 0) is 6.42 Å². The molecule has 0 bridgehead atoms. The van der Waals surface area contributed by atoms with Crippen LogP contribution in [0.2, 0.25) is 10.2 Å². The minimum absolute atomic E-state index is 0.130. The van der Waals surface area contributed by atoms with Gasteiger partial charge in [0, 0.05) is 28.9 Å². The van der Waals surface area contributed by atoms with Crippen LogP contribution in [0.15, 0.2) is 53.6 Å². The van der Waals surface area contributed by atoms with Gasteiger partial charge in [-0.2, -0.15) is 4.68 Å². The monoisotopic (exact) mass is 566 g/mol. The number of H-pyrrole nitrogens is 1. The number of benzene rings is 1. The summed E-state index contributed by atoms with van der Waals surface area (Å²) < 4.78 is 3.28. The second-order valence-electron chi connectivity index (χ2n) is 8.73. The van der Waals surface area contributed by atoms with Crippen LogP contribution in [0.3, 0.4) is 0 Å². The molecule has 5 aromatic rings. The molecular weight excluding hydrogens is 547 g/mol. The van der Waals surface area contributed by atoms with Crippen LogP contribution in [0.1, 0.15) is 40.6 Å². The molecule has 1 aliphatic heterocycles. The zero-order valence-corrected chi connectivity index (χ0v) is 22.3. The van der Waals surface area contributed by atoms with E-state index in [1.807, 2.05) is 25.1 Å². The molecule has 1 atom stereocenters. The average Bonchev–Trinajstić information content (AvgIpc) is 3.70. The average molecular weight is 567 g/mol. The maximum Gasteiger partial charge on any atom is 0.261 e. The van der Waals surface area contributed by atoms with Gasteiger partial charge >= 0.3 is 0 Å². The lowest BCUT2D eigenvalue weighted by Gasteiger charge is -2.15. The number of rotatable bonds is 6. The van der Waals surface area contributed by atoms with Crippen molar-refractivity contribution in [2.24, 2.45) is 0 Å². The van der Waals surface area contributed by atoms with Crippen LogP contribution < -0.4 is 10.9 Å². The van der Waals surface area contributed by atoms with Gasteiger partial charge in [0.1, 0.15) is 12.2 Å². The van der Waals surface area contributed by atoms with Crippen molar-refractivity contribution in [1.82, 2.24) is 40.1 Å². The van der Waals surface area contributed by atoms with E-state index in [1.54, 1.807) is 28.8 Å². The van der Waals surface area contributed by atoms with E-state index in [0.29, 0.717) is 51.6 Å². The Kier molecular flexibility index (Phi) is 6.34. The maximum atomic E-state index is 13.4. The van der Waals surface area contributed by atoms with Gasteiger partial charge in [-0.25, -0.2) is 4.98 Å².